The van der Waals surface area contributed by atoms with Crippen LogP contribution in [0.4, 0.5) is 14.5 Å². The number of para-hydroxylation sites is 1. The van der Waals surface area contributed by atoms with Gasteiger partial charge in [0.2, 0.25) is 5.91 Å². The first-order valence-corrected chi connectivity index (χ1v) is 7.59. The predicted molar refractivity (Wildman–Crippen MR) is 82.3 cm³/mol. The molecule has 0 aliphatic rings. The zero-order chi connectivity index (χ0) is 15.2. The van der Waals surface area contributed by atoms with Crippen LogP contribution >= 0.6 is 11.8 Å². The van der Waals surface area contributed by atoms with Crippen LogP contribution in [0.5, 0.6) is 0 Å². The van der Waals surface area contributed by atoms with Crippen LogP contribution in [0.15, 0.2) is 42.5 Å². The summed E-state index contributed by atoms with van der Waals surface area (Å²) in [6, 6.07) is 11.5. The van der Waals surface area contributed by atoms with Crippen molar-refractivity contribution in [3.63, 3.8) is 0 Å². The van der Waals surface area contributed by atoms with E-state index in [-0.39, 0.29) is 5.75 Å². The highest BCUT2D eigenvalue weighted by Crippen LogP contribution is 2.19. The summed E-state index contributed by atoms with van der Waals surface area (Å²) in [5, 5.41) is 2.27. The molecule has 0 radical (unpaired) electrons. The first kappa shape index (κ1) is 15.5. The fourth-order valence-corrected chi connectivity index (χ4v) is 2.63. The van der Waals surface area contributed by atoms with Crippen molar-refractivity contribution >= 4 is 23.4 Å². The molecule has 0 unspecified atom stereocenters. The van der Waals surface area contributed by atoms with Gasteiger partial charge in [0.15, 0.2) is 0 Å². The van der Waals surface area contributed by atoms with Crippen LogP contribution in [0.3, 0.4) is 0 Å². The smallest absolute Gasteiger partial charge is 0.234 e. The monoisotopic (exact) mass is 307 g/mol. The van der Waals surface area contributed by atoms with Gasteiger partial charge in [-0.15, -0.1) is 11.8 Å². The number of thioether (sulfide) groups is 1. The van der Waals surface area contributed by atoms with Gasteiger partial charge in [0.25, 0.3) is 0 Å². The van der Waals surface area contributed by atoms with Crippen molar-refractivity contribution < 1.29 is 13.6 Å². The van der Waals surface area contributed by atoms with Crippen molar-refractivity contribution in [2.75, 3.05) is 11.1 Å². The fourth-order valence-electron chi connectivity index (χ4n) is 1.86. The van der Waals surface area contributed by atoms with Gasteiger partial charge in [-0.05, 0) is 24.6 Å². The van der Waals surface area contributed by atoms with Crippen LogP contribution in [0.1, 0.15) is 11.1 Å². The summed E-state index contributed by atoms with van der Waals surface area (Å²) in [6.07, 6.45) is 0. The van der Waals surface area contributed by atoms with Gasteiger partial charge >= 0.3 is 0 Å². The molecule has 21 heavy (non-hydrogen) atoms. The molecule has 0 bridgehead atoms. The minimum atomic E-state index is -0.771. The number of carbonyl (C=O) groups is 1. The number of rotatable bonds is 5. The lowest BCUT2D eigenvalue weighted by Crippen LogP contribution is -2.16. The molecule has 2 aromatic carbocycles. The Hall–Kier alpha value is -1.88. The van der Waals surface area contributed by atoms with Crippen molar-refractivity contribution in [1.29, 1.82) is 0 Å². The minimum Gasteiger partial charge on any atom is -0.320 e. The Morgan fingerprint density at radius 3 is 2.48 bits per heavy atom. The highest BCUT2D eigenvalue weighted by Gasteiger charge is 2.11. The number of halogens is 2. The molecule has 0 atom stereocenters. The molecule has 0 spiro atoms. The third kappa shape index (κ3) is 4.56. The van der Waals surface area contributed by atoms with E-state index in [1.165, 1.54) is 17.8 Å². The molecule has 1 amide bonds. The number of aryl methyl sites for hydroxylation is 1. The largest absolute Gasteiger partial charge is 0.320 e. The lowest BCUT2D eigenvalue weighted by atomic mass is 10.2. The summed E-state index contributed by atoms with van der Waals surface area (Å²) in [4.78, 5) is 11.7. The summed E-state index contributed by atoms with van der Waals surface area (Å²) in [5.74, 6) is -1.15. The molecular formula is C16H15F2NOS. The minimum absolute atomic E-state index is 0.141. The van der Waals surface area contributed by atoms with Crippen molar-refractivity contribution in [1.82, 2.24) is 0 Å². The zero-order valence-electron chi connectivity index (χ0n) is 11.5. The van der Waals surface area contributed by atoms with E-state index in [2.05, 4.69) is 5.32 Å². The normalized spacial score (nSPS) is 10.4. The topological polar surface area (TPSA) is 29.1 Å². The van der Waals surface area contributed by atoms with E-state index in [4.69, 9.17) is 0 Å². The van der Waals surface area contributed by atoms with Gasteiger partial charge < -0.3 is 5.32 Å². The fraction of sp³-hybridized carbons (Fsp3) is 0.188. The van der Waals surface area contributed by atoms with E-state index in [1.54, 1.807) is 0 Å². The molecular weight excluding hydrogens is 292 g/mol. The van der Waals surface area contributed by atoms with Gasteiger partial charge in [0, 0.05) is 5.75 Å². The molecule has 0 aliphatic heterocycles. The maximum absolute atomic E-state index is 13.4. The second-order valence-corrected chi connectivity index (χ2v) is 5.61. The number of hydrogen-bond acceptors (Lipinski definition) is 2. The van der Waals surface area contributed by atoms with Gasteiger partial charge in [-0.3, -0.25) is 4.79 Å². The zero-order valence-corrected chi connectivity index (χ0v) is 12.3. The number of carbonyl (C=O) groups excluding carboxylic acids is 1. The summed E-state index contributed by atoms with van der Waals surface area (Å²) in [7, 11) is 0. The molecule has 2 nitrogen and oxygen atoms in total. The van der Waals surface area contributed by atoms with Crippen LogP contribution in [-0.2, 0) is 10.5 Å². The van der Waals surface area contributed by atoms with Crippen molar-refractivity contribution in [3.8, 4) is 0 Å². The highest BCUT2D eigenvalue weighted by atomic mass is 32.2. The van der Waals surface area contributed by atoms with E-state index in [9.17, 15) is 13.6 Å². The third-order valence-corrected chi connectivity index (χ3v) is 3.82. The number of benzene rings is 2. The standard InChI is InChI=1S/C16H15F2NOS/c1-11-4-2-5-12(8-11)9-21-10-15(20)19-16-13(17)6-3-7-14(16)18/h2-8H,9-10H2,1H3,(H,19,20). The van der Waals surface area contributed by atoms with E-state index in [0.29, 0.717) is 5.75 Å². The van der Waals surface area contributed by atoms with Crippen LogP contribution in [0.25, 0.3) is 0 Å². The molecule has 2 rings (SSSR count). The average molecular weight is 307 g/mol. The lowest BCUT2D eigenvalue weighted by molar-refractivity contribution is -0.113. The molecule has 0 fully saturated rings. The van der Waals surface area contributed by atoms with Gasteiger partial charge in [0.05, 0.1) is 5.75 Å². The summed E-state index contributed by atoms with van der Waals surface area (Å²) < 4.78 is 26.8. The molecule has 0 saturated carbocycles. The second kappa shape index (κ2) is 7.22. The Labute approximate surface area is 126 Å². The first-order valence-electron chi connectivity index (χ1n) is 6.43. The molecule has 0 saturated heterocycles. The van der Waals surface area contributed by atoms with E-state index in [0.717, 1.165) is 23.3 Å². The molecule has 1 N–H and O–H groups in total. The second-order valence-electron chi connectivity index (χ2n) is 4.63. The molecule has 0 heterocycles. The summed E-state index contributed by atoms with van der Waals surface area (Å²) >= 11 is 1.40. The molecule has 0 aromatic heterocycles. The van der Waals surface area contributed by atoms with Crippen LogP contribution in [-0.4, -0.2) is 11.7 Å². The SMILES string of the molecule is Cc1cccc(CSCC(=O)Nc2c(F)cccc2F)c1. The van der Waals surface area contributed by atoms with Crippen molar-refractivity contribution in [2.24, 2.45) is 0 Å². The van der Waals surface area contributed by atoms with Gasteiger partial charge in [-0.25, -0.2) is 8.78 Å². The Kier molecular flexibility index (Phi) is 5.33. The van der Waals surface area contributed by atoms with E-state index in [1.807, 2.05) is 31.2 Å². The van der Waals surface area contributed by atoms with Gasteiger partial charge in [0.1, 0.15) is 17.3 Å². The molecule has 0 aliphatic carbocycles. The number of anilines is 1. The van der Waals surface area contributed by atoms with Gasteiger partial charge in [-0.1, -0.05) is 35.9 Å². The lowest BCUT2D eigenvalue weighted by Gasteiger charge is -2.07. The third-order valence-electron chi connectivity index (χ3n) is 2.81. The van der Waals surface area contributed by atoms with Crippen LogP contribution in [0, 0.1) is 18.6 Å². The van der Waals surface area contributed by atoms with E-state index < -0.39 is 23.2 Å². The first-order chi connectivity index (χ1) is 10.1. The Balaban J connectivity index is 1.85. The van der Waals surface area contributed by atoms with Crippen molar-refractivity contribution in [3.05, 3.63) is 65.2 Å². The number of hydrogen-bond donors (Lipinski definition) is 1. The van der Waals surface area contributed by atoms with Gasteiger partial charge in [-0.2, -0.15) is 0 Å². The molecule has 2 aromatic rings. The number of amides is 1. The quantitative estimate of drug-likeness (QED) is 0.899. The number of nitrogens with one attached hydrogen (secondary N) is 1. The molecule has 110 valence electrons. The molecule has 5 heteroatoms. The Bertz CT molecular complexity index is 626. The Morgan fingerprint density at radius 1 is 1.14 bits per heavy atom. The highest BCUT2D eigenvalue weighted by molar-refractivity contribution is 7.99. The Morgan fingerprint density at radius 2 is 1.81 bits per heavy atom. The average Bonchev–Trinajstić information content (AvgIpc) is 2.43. The maximum Gasteiger partial charge on any atom is 0.234 e. The van der Waals surface area contributed by atoms with Crippen LogP contribution in [0.2, 0.25) is 0 Å². The van der Waals surface area contributed by atoms with Crippen molar-refractivity contribution in [2.45, 2.75) is 12.7 Å². The maximum atomic E-state index is 13.4. The summed E-state index contributed by atoms with van der Waals surface area (Å²) in [6.45, 7) is 2.00. The summed E-state index contributed by atoms with van der Waals surface area (Å²) in [5.41, 5.74) is 1.88. The predicted octanol–water partition coefficient (Wildman–Crippen LogP) is 4.15. The van der Waals surface area contributed by atoms with Crippen LogP contribution < -0.4 is 5.32 Å². The van der Waals surface area contributed by atoms with E-state index >= 15 is 0 Å².